The number of furan rings is 1. The lowest BCUT2D eigenvalue weighted by Crippen LogP contribution is -2.28. The van der Waals surface area contributed by atoms with E-state index in [-0.39, 0.29) is 17.9 Å². The summed E-state index contributed by atoms with van der Waals surface area (Å²) in [5.41, 5.74) is 0.537. The minimum Gasteiger partial charge on any atom is -0.459 e. The highest BCUT2D eigenvalue weighted by molar-refractivity contribution is 5.91. The first-order valence-corrected chi connectivity index (χ1v) is 8.20. The Morgan fingerprint density at radius 3 is 3.00 bits per heavy atom. The number of carbonyl (C=O) groups excluding carboxylic acids is 1. The van der Waals surface area contributed by atoms with Crippen molar-refractivity contribution in [3.05, 3.63) is 36.2 Å². The SMILES string of the molecule is CC(C)c1noc(-c2cn(C3CCN(C(=O)c4ccco4)C3)nn2)n1. The molecule has 0 N–H and O–H groups in total. The van der Waals surface area contributed by atoms with Crippen LogP contribution in [0.5, 0.6) is 0 Å². The molecule has 0 bridgehead atoms. The second-order valence-electron chi connectivity index (χ2n) is 6.37. The Morgan fingerprint density at radius 1 is 1.40 bits per heavy atom. The fourth-order valence-corrected chi connectivity index (χ4v) is 2.82. The molecule has 130 valence electrons. The van der Waals surface area contributed by atoms with E-state index in [1.807, 2.05) is 13.8 Å². The summed E-state index contributed by atoms with van der Waals surface area (Å²) in [4.78, 5) is 18.4. The second kappa shape index (κ2) is 6.15. The largest absolute Gasteiger partial charge is 0.459 e. The van der Waals surface area contributed by atoms with E-state index in [1.165, 1.54) is 6.26 Å². The highest BCUT2D eigenvalue weighted by Crippen LogP contribution is 2.24. The van der Waals surface area contributed by atoms with Gasteiger partial charge in [0.15, 0.2) is 17.3 Å². The summed E-state index contributed by atoms with van der Waals surface area (Å²) in [7, 11) is 0. The summed E-state index contributed by atoms with van der Waals surface area (Å²) in [6.45, 7) is 5.20. The maximum atomic E-state index is 12.3. The first kappa shape index (κ1) is 15.6. The van der Waals surface area contributed by atoms with Gasteiger partial charge in [0.25, 0.3) is 11.8 Å². The van der Waals surface area contributed by atoms with Crippen LogP contribution in [0.2, 0.25) is 0 Å². The van der Waals surface area contributed by atoms with Crippen molar-refractivity contribution in [2.24, 2.45) is 0 Å². The number of hydrogen-bond donors (Lipinski definition) is 0. The Labute approximate surface area is 143 Å². The second-order valence-corrected chi connectivity index (χ2v) is 6.37. The van der Waals surface area contributed by atoms with Crippen LogP contribution in [0.1, 0.15) is 48.6 Å². The van der Waals surface area contributed by atoms with Crippen LogP contribution in [0.4, 0.5) is 0 Å². The standard InChI is InChI=1S/C16H18N6O3/c1-10(2)14-17-15(25-19-14)12-9-22(20-18-12)11-5-6-21(8-11)16(23)13-4-3-7-24-13/h3-4,7,9-11H,5-6,8H2,1-2H3. The highest BCUT2D eigenvalue weighted by atomic mass is 16.5. The van der Waals surface area contributed by atoms with E-state index in [2.05, 4.69) is 20.5 Å². The Bertz CT molecular complexity index is 866. The molecule has 0 radical (unpaired) electrons. The lowest BCUT2D eigenvalue weighted by molar-refractivity contribution is 0.0755. The normalized spacial score (nSPS) is 17.6. The van der Waals surface area contributed by atoms with Gasteiger partial charge in [-0.05, 0) is 18.6 Å². The lowest BCUT2D eigenvalue weighted by Gasteiger charge is -2.14. The van der Waals surface area contributed by atoms with Crippen molar-refractivity contribution >= 4 is 5.91 Å². The van der Waals surface area contributed by atoms with Crippen LogP contribution in [0, 0.1) is 0 Å². The fourth-order valence-electron chi connectivity index (χ4n) is 2.82. The third-order valence-electron chi connectivity index (χ3n) is 4.24. The van der Waals surface area contributed by atoms with Crippen LogP contribution >= 0.6 is 0 Å². The molecule has 4 heterocycles. The number of likely N-dealkylation sites (tertiary alicyclic amines) is 1. The van der Waals surface area contributed by atoms with Crippen LogP contribution < -0.4 is 0 Å². The molecule has 9 nitrogen and oxygen atoms in total. The third-order valence-corrected chi connectivity index (χ3v) is 4.24. The van der Waals surface area contributed by atoms with Crippen molar-refractivity contribution in [1.29, 1.82) is 0 Å². The molecule has 0 spiro atoms. The van der Waals surface area contributed by atoms with E-state index in [0.717, 1.165) is 6.42 Å². The van der Waals surface area contributed by atoms with Gasteiger partial charge in [-0.25, -0.2) is 4.68 Å². The predicted octanol–water partition coefficient (Wildman–Crippen LogP) is 2.13. The fraction of sp³-hybridized carbons (Fsp3) is 0.438. The Balaban J connectivity index is 1.46. The molecule has 1 fully saturated rings. The van der Waals surface area contributed by atoms with Crippen molar-refractivity contribution in [1.82, 2.24) is 30.0 Å². The number of aromatic nitrogens is 5. The number of carbonyl (C=O) groups is 1. The number of amides is 1. The van der Waals surface area contributed by atoms with Gasteiger partial charge < -0.3 is 13.8 Å². The first-order chi connectivity index (χ1) is 12.1. The molecule has 0 saturated carbocycles. The molecule has 1 atom stereocenters. The van der Waals surface area contributed by atoms with Gasteiger partial charge in [-0.2, -0.15) is 4.98 Å². The van der Waals surface area contributed by atoms with E-state index in [4.69, 9.17) is 8.94 Å². The van der Waals surface area contributed by atoms with Gasteiger partial charge in [-0.3, -0.25) is 4.79 Å². The molecule has 0 aliphatic carbocycles. The minimum absolute atomic E-state index is 0.0626. The van der Waals surface area contributed by atoms with Gasteiger partial charge in [0, 0.05) is 19.0 Å². The monoisotopic (exact) mass is 342 g/mol. The molecular formula is C16H18N6O3. The average Bonchev–Trinajstić information content (AvgIpc) is 3.42. The summed E-state index contributed by atoms with van der Waals surface area (Å²) < 4.78 is 12.2. The van der Waals surface area contributed by atoms with Crippen LogP contribution in [0.3, 0.4) is 0 Å². The van der Waals surface area contributed by atoms with Crippen molar-refractivity contribution in [2.75, 3.05) is 13.1 Å². The molecule has 4 rings (SSSR count). The van der Waals surface area contributed by atoms with Gasteiger partial charge in [0.1, 0.15) is 0 Å². The topological polar surface area (TPSA) is 103 Å². The highest BCUT2D eigenvalue weighted by Gasteiger charge is 2.30. The molecule has 3 aromatic rings. The Kier molecular flexibility index (Phi) is 3.83. The van der Waals surface area contributed by atoms with Crippen molar-refractivity contribution in [3.8, 4) is 11.6 Å². The Hall–Kier alpha value is -2.97. The third kappa shape index (κ3) is 2.92. The number of rotatable bonds is 4. The van der Waals surface area contributed by atoms with E-state index in [9.17, 15) is 4.79 Å². The number of nitrogens with zero attached hydrogens (tertiary/aromatic N) is 6. The zero-order valence-electron chi connectivity index (χ0n) is 14.0. The van der Waals surface area contributed by atoms with E-state index < -0.39 is 0 Å². The molecule has 3 aromatic heterocycles. The quantitative estimate of drug-likeness (QED) is 0.715. The van der Waals surface area contributed by atoms with Crippen molar-refractivity contribution in [3.63, 3.8) is 0 Å². The Morgan fingerprint density at radius 2 is 2.28 bits per heavy atom. The molecule has 1 aliphatic heterocycles. The summed E-state index contributed by atoms with van der Waals surface area (Å²) in [6, 6.07) is 3.44. The van der Waals surface area contributed by atoms with Gasteiger partial charge in [0.05, 0.1) is 18.5 Å². The molecule has 9 heteroatoms. The zero-order chi connectivity index (χ0) is 17.4. The minimum atomic E-state index is -0.105. The molecule has 0 aromatic carbocycles. The summed E-state index contributed by atoms with van der Waals surface area (Å²) >= 11 is 0. The van der Waals surface area contributed by atoms with E-state index >= 15 is 0 Å². The maximum Gasteiger partial charge on any atom is 0.289 e. The molecule has 1 amide bonds. The smallest absolute Gasteiger partial charge is 0.289 e. The van der Waals surface area contributed by atoms with Crippen LogP contribution in [-0.4, -0.2) is 49.0 Å². The van der Waals surface area contributed by atoms with E-state index in [0.29, 0.717) is 36.3 Å². The first-order valence-electron chi connectivity index (χ1n) is 8.20. The summed E-state index contributed by atoms with van der Waals surface area (Å²) in [6.07, 6.45) is 4.08. The van der Waals surface area contributed by atoms with Gasteiger partial charge in [0.2, 0.25) is 0 Å². The summed E-state index contributed by atoms with van der Waals surface area (Å²) in [5.74, 6) is 1.43. The van der Waals surface area contributed by atoms with Crippen LogP contribution in [0.15, 0.2) is 33.5 Å². The van der Waals surface area contributed by atoms with Crippen molar-refractivity contribution in [2.45, 2.75) is 32.2 Å². The molecule has 25 heavy (non-hydrogen) atoms. The van der Waals surface area contributed by atoms with Crippen molar-refractivity contribution < 1.29 is 13.7 Å². The van der Waals surface area contributed by atoms with Crippen LogP contribution in [0.25, 0.3) is 11.6 Å². The van der Waals surface area contributed by atoms with Crippen LogP contribution in [-0.2, 0) is 0 Å². The lowest BCUT2D eigenvalue weighted by atomic mass is 10.2. The summed E-state index contributed by atoms with van der Waals surface area (Å²) in [5, 5.41) is 12.2. The molecular weight excluding hydrogens is 324 g/mol. The molecule has 1 saturated heterocycles. The van der Waals surface area contributed by atoms with Gasteiger partial charge in [-0.15, -0.1) is 5.10 Å². The molecule has 1 unspecified atom stereocenters. The average molecular weight is 342 g/mol. The molecule has 1 aliphatic rings. The van der Waals surface area contributed by atoms with Gasteiger partial charge in [-0.1, -0.05) is 24.2 Å². The van der Waals surface area contributed by atoms with E-state index in [1.54, 1.807) is 27.9 Å². The van der Waals surface area contributed by atoms with Gasteiger partial charge >= 0.3 is 0 Å². The number of hydrogen-bond acceptors (Lipinski definition) is 7. The zero-order valence-corrected chi connectivity index (χ0v) is 14.0. The predicted molar refractivity (Wildman–Crippen MR) is 85.7 cm³/mol. The maximum absolute atomic E-state index is 12.3.